The van der Waals surface area contributed by atoms with Gasteiger partial charge in [0.15, 0.2) is 11.5 Å². The Morgan fingerprint density at radius 1 is 0.964 bits per heavy atom. The van der Waals surface area contributed by atoms with Crippen molar-refractivity contribution in [3.63, 3.8) is 0 Å². The van der Waals surface area contributed by atoms with Crippen molar-refractivity contribution in [2.24, 2.45) is 0 Å². The summed E-state index contributed by atoms with van der Waals surface area (Å²) in [6, 6.07) is 18.2. The molecular formula is C22H24N4O2. The van der Waals surface area contributed by atoms with E-state index in [0.29, 0.717) is 25.2 Å². The molecule has 1 aliphatic rings. The molecule has 0 amide bonds. The van der Waals surface area contributed by atoms with Crippen LogP contribution in [-0.2, 0) is 0 Å². The predicted molar refractivity (Wildman–Crippen MR) is 112 cm³/mol. The fourth-order valence-electron chi connectivity index (χ4n) is 2.94. The van der Waals surface area contributed by atoms with E-state index in [9.17, 15) is 0 Å². The second-order valence-electron chi connectivity index (χ2n) is 6.77. The highest BCUT2D eigenvalue weighted by Gasteiger charge is 2.13. The highest BCUT2D eigenvalue weighted by molar-refractivity contribution is 5.67. The molecule has 1 aromatic heterocycles. The van der Waals surface area contributed by atoms with Crippen LogP contribution in [0.3, 0.4) is 0 Å². The minimum atomic E-state index is 0.320. The summed E-state index contributed by atoms with van der Waals surface area (Å²) in [5.74, 6) is 2.82. The largest absolute Gasteiger partial charge is 0.486 e. The fourth-order valence-corrected chi connectivity index (χ4v) is 2.94. The third kappa shape index (κ3) is 4.17. The van der Waals surface area contributed by atoms with Gasteiger partial charge in [0.05, 0.1) is 5.69 Å². The van der Waals surface area contributed by atoms with Gasteiger partial charge in [0, 0.05) is 29.4 Å². The first-order chi connectivity index (χ1) is 13.7. The lowest BCUT2D eigenvalue weighted by Gasteiger charge is -2.19. The quantitative estimate of drug-likeness (QED) is 0.640. The van der Waals surface area contributed by atoms with Gasteiger partial charge in [-0.1, -0.05) is 37.3 Å². The monoisotopic (exact) mass is 376 g/mol. The maximum atomic E-state index is 5.67. The van der Waals surface area contributed by atoms with E-state index in [-0.39, 0.29) is 0 Å². The Labute approximate surface area is 164 Å². The van der Waals surface area contributed by atoms with E-state index in [4.69, 9.17) is 14.5 Å². The third-order valence-corrected chi connectivity index (χ3v) is 4.60. The Morgan fingerprint density at radius 2 is 1.75 bits per heavy atom. The van der Waals surface area contributed by atoms with E-state index in [1.54, 1.807) is 0 Å². The number of rotatable bonds is 6. The van der Waals surface area contributed by atoms with Gasteiger partial charge in [-0.05, 0) is 25.5 Å². The summed E-state index contributed by atoms with van der Waals surface area (Å²) < 4.78 is 11.3. The molecule has 0 spiro atoms. The summed E-state index contributed by atoms with van der Waals surface area (Å²) in [4.78, 5) is 9.36. The Hall–Kier alpha value is -3.28. The summed E-state index contributed by atoms with van der Waals surface area (Å²) in [5.41, 5.74) is 2.76. The topological polar surface area (TPSA) is 68.3 Å². The standard InChI is InChI=1S/C22H24N4O2/c1-3-15(2)23-21-14-18(16-7-5-4-6-8-16)25-22(26-21)24-17-9-10-19-20(13-17)28-12-11-27-19/h4-10,13-15H,3,11-12H2,1-2H3,(H2,23,24,25,26). The van der Waals surface area contributed by atoms with E-state index in [2.05, 4.69) is 29.5 Å². The van der Waals surface area contributed by atoms with Gasteiger partial charge in [-0.3, -0.25) is 0 Å². The van der Waals surface area contributed by atoms with E-state index in [1.165, 1.54) is 0 Å². The van der Waals surface area contributed by atoms with Gasteiger partial charge in [0.2, 0.25) is 5.95 Å². The number of fused-ring (bicyclic) bond motifs is 1. The molecule has 144 valence electrons. The van der Waals surface area contributed by atoms with Crippen LogP contribution in [0, 0.1) is 0 Å². The first-order valence-electron chi connectivity index (χ1n) is 9.59. The van der Waals surface area contributed by atoms with E-state index in [1.807, 2.05) is 54.6 Å². The van der Waals surface area contributed by atoms with E-state index in [0.717, 1.165) is 40.7 Å². The second-order valence-corrected chi connectivity index (χ2v) is 6.77. The highest BCUT2D eigenvalue weighted by Crippen LogP contribution is 2.33. The molecule has 0 saturated heterocycles. The van der Waals surface area contributed by atoms with Gasteiger partial charge in [-0.15, -0.1) is 0 Å². The van der Waals surface area contributed by atoms with Crippen molar-refractivity contribution in [3.8, 4) is 22.8 Å². The van der Waals surface area contributed by atoms with Gasteiger partial charge >= 0.3 is 0 Å². The van der Waals surface area contributed by atoms with Gasteiger partial charge < -0.3 is 20.1 Å². The Bertz CT molecular complexity index is 947. The number of aromatic nitrogens is 2. The number of nitrogens with one attached hydrogen (secondary N) is 2. The van der Waals surface area contributed by atoms with E-state index < -0.39 is 0 Å². The molecule has 6 heteroatoms. The summed E-state index contributed by atoms with van der Waals surface area (Å²) in [6.07, 6.45) is 1.01. The SMILES string of the molecule is CCC(C)Nc1cc(-c2ccccc2)nc(Nc2ccc3c(c2)OCCO3)n1. The van der Waals surface area contributed by atoms with Crippen molar-refractivity contribution < 1.29 is 9.47 Å². The number of hydrogen-bond donors (Lipinski definition) is 2. The zero-order valence-electron chi connectivity index (χ0n) is 16.1. The summed E-state index contributed by atoms with van der Waals surface area (Å²) in [7, 11) is 0. The third-order valence-electron chi connectivity index (χ3n) is 4.60. The normalized spacial score (nSPS) is 13.6. The molecule has 3 aromatic rings. The van der Waals surface area contributed by atoms with Crippen molar-refractivity contribution >= 4 is 17.5 Å². The predicted octanol–water partition coefficient (Wildman–Crippen LogP) is 4.87. The van der Waals surface area contributed by atoms with Crippen LogP contribution in [0.2, 0.25) is 0 Å². The molecular weight excluding hydrogens is 352 g/mol. The second kappa shape index (κ2) is 8.17. The molecule has 0 radical (unpaired) electrons. The summed E-state index contributed by atoms with van der Waals surface area (Å²) >= 11 is 0. The van der Waals surface area contributed by atoms with Gasteiger partial charge in [-0.2, -0.15) is 4.98 Å². The maximum Gasteiger partial charge on any atom is 0.229 e. The van der Waals surface area contributed by atoms with Crippen molar-refractivity contribution in [3.05, 3.63) is 54.6 Å². The maximum absolute atomic E-state index is 5.67. The molecule has 0 saturated carbocycles. The van der Waals surface area contributed by atoms with Crippen molar-refractivity contribution in [2.75, 3.05) is 23.8 Å². The first kappa shape index (κ1) is 18.1. The lowest BCUT2D eigenvalue weighted by molar-refractivity contribution is 0.171. The molecule has 2 aromatic carbocycles. The Kier molecular flexibility index (Phi) is 5.28. The van der Waals surface area contributed by atoms with Crippen LogP contribution < -0.4 is 20.1 Å². The average molecular weight is 376 g/mol. The zero-order valence-corrected chi connectivity index (χ0v) is 16.1. The van der Waals surface area contributed by atoms with Crippen LogP contribution in [0.15, 0.2) is 54.6 Å². The Balaban J connectivity index is 1.66. The Morgan fingerprint density at radius 3 is 2.54 bits per heavy atom. The number of nitrogens with zero attached hydrogens (tertiary/aromatic N) is 2. The van der Waals surface area contributed by atoms with Crippen molar-refractivity contribution in [2.45, 2.75) is 26.3 Å². The number of anilines is 3. The number of benzene rings is 2. The first-order valence-corrected chi connectivity index (χ1v) is 9.59. The van der Waals surface area contributed by atoms with Gasteiger partial charge in [-0.25, -0.2) is 4.98 Å². The van der Waals surface area contributed by atoms with E-state index >= 15 is 0 Å². The molecule has 0 aliphatic carbocycles. The van der Waals surface area contributed by atoms with Crippen LogP contribution in [0.25, 0.3) is 11.3 Å². The number of hydrogen-bond acceptors (Lipinski definition) is 6. The smallest absolute Gasteiger partial charge is 0.229 e. The van der Waals surface area contributed by atoms with Crippen LogP contribution >= 0.6 is 0 Å². The summed E-state index contributed by atoms with van der Waals surface area (Å²) in [5, 5.41) is 6.74. The lowest BCUT2D eigenvalue weighted by atomic mass is 10.1. The molecule has 1 unspecified atom stereocenters. The molecule has 2 heterocycles. The van der Waals surface area contributed by atoms with Crippen LogP contribution in [0.1, 0.15) is 20.3 Å². The van der Waals surface area contributed by atoms with Crippen molar-refractivity contribution in [1.29, 1.82) is 0 Å². The van der Waals surface area contributed by atoms with Crippen LogP contribution in [-0.4, -0.2) is 29.2 Å². The zero-order chi connectivity index (χ0) is 19.3. The fraction of sp³-hybridized carbons (Fsp3) is 0.273. The molecule has 28 heavy (non-hydrogen) atoms. The van der Waals surface area contributed by atoms with Crippen LogP contribution in [0.5, 0.6) is 11.5 Å². The molecule has 1 atom stereocenters. The van der Waals surface area contributed by atoms with Crippen LogP contribution in [0.4, 0.5) is 17.5 Å². The minimum absolute atomic E-state index is 0.320. The molecule has 2 N–H and O–H groups in total. The molecule has 0 bridgehead atoms. The van der Waals surface area contributed by atoms with Gasteiger partial charge in [0.1, 0.15) is 19.0 Å². The van der Waals surface area contributed by atoms with Gasteiger partial charge in [0.25, 0.3) is 0 Å². The molecule has 4 rings (SSSR count). The minimum Gasteiger partial charge on any atom is -0.486 e. The highest BCUT2D eigenvalue weighted by atomic mass is 16.6. The average Bonchev–Trinajstić information content (AvgIpc) is 2.74. The molecule has 0 fully saturated rings. The lowest BCUT2D eigenvalue weighted by Crippen LogP contribution is -2.16. The molecule has 6 nitrogen and oxygen atoms in total. The summed E-state index contributed by atoms with van der Waals surface area (Å²) in [6.45, 7) is 5.41. The molecule has 1 aliphatic heterocycles. The number of ether oxygens (including phenoxy) is 2. The van der Waals surface area contributed by atoms with Crippen molar-refractivity contribution in [1.82, 2.24) is 9.97 Å².